The monoisotopic (exact) mass is 217 g/mol. The van der Waals surface area contributed by atoms with Crippen LogP contribution in [0.25, 0.3) is 10.7 Å². The molecular weight excluding hydrogens is 210 g/mol. The highest BCUT2D eigenvalue weighted by molar-refractivity contribution is 7.13. The highest BCUT2D eigenvalue weighted by Gasteiger charge is 2.04. The molecule has 4 nitrogen and oxygen atoms in total. The molecule has 0 N–H and O–H groups in total. The van der Waals surface area contributed by atoms with Gasteiger partial charge in [0.05, 0.1) is 17.9 Å². The van der Waals surface area contributed by atoms with Crippen LogP contribution in [-0.4, -0.2) is 16.0 Å². The van der Waals surface area contributed by atoms with Crippen molar-refractivity contribution in [2.24, 2.45) is 4.99 Å². The van der Waals surface area contributed by atoms with E-state index in [1.165, 1.54) is 17.4 Å². The molecule has 0 saturated carbocycles. The molecule has 0 saturated heterocycles. The fourth-order valence-electron chi connectivity index (χ4n) is 1.10. The zero-order chi connectivity index (χ0) is 10.5. The van der Waals surface area contributed by atoms with Crippen molar-refractivity contribution in [3.63, 3.8) is 0 Å². The van der Waals surface area contributed by atoms with Crippen molar-refractivity contribution in [2.75, 3.05) is 0 Å². The molecule has 2 aromatic rings. The van der Waals surface area contributed by atoms with Crippen molar-refractivity contribution in [3.05, 3.63) is 35.5 Å². The lowest BCUT2D eigenvalue weighted by Crippen LogP contribution is -1.83. The van der Waals surface area contributed by atoms with Crippen LogP contribution in [0.1, 0.15) is 5.69 Å². The molecular formula is C10H7N3OS. The molecule has 15 heavy (non-hydrogen) atoms. The van der Waals surface area contributed by atoms with Gasteiger partial charge in [-0.15, -0.1) is 11.3 Å². The summed E-state index contributed by atoms with van der Waals surface area (Å²) in [7, 11) is 0. The second kappa shape index (κ2) is 4.59. The molecule has 0 aliphatic heterocycles. The normalized spacial score (nSPS) is 9.60. The van der Waals surface area contributed by atoms with E-state index in [0.717, 1.165) is 16.4 Å². The Morgan fingerprint density at radius 1 is 1.47 bits per heavy atom. The van der Waals surface area contributed by atoms with Crippen LogP contribution in [0.2, 0.25) is 0 Å². The number of hydrogen-bond donors (Lipinski definition) is 0. The summed E-state index contributed by atoms with van der Waals surface area (Å²) in [6.45, 7) is 0.285. The Bertz CT molecular complexity index is 488. The standard InChI is InChI=1S/C10H7N3OS/c14-7-11-5-8-6-15-10(13-8)9-3-1-2-4-12-9/h1-4,6H,5H2. The van der Waals surface area contributed by atoms with Crippen molar-refractivity contribution in [3.8, 4) is 10.7 Å². The Morgan fingerprint density at radius 2 is 2.40 bits per heavy atom. The molecule has 0 bridgehead atoms. The number of carbonyl (C=O) groups excluding carboxylic acids is 1. The second-order valence-corrected chi connectivity index (χ2v) is 3.62. The summed E-state index contributed by atoms with van der Waals surface area (Å²) in [6, 6.07) is 5.66. The Labute approximate surface area is 90.4 Å². The first-order chi connectivity index (χ1) is 7.40. The van der Waals surface area contributed by atoms with Gasteiger partial charge < -0.3 is 0 Å². The van der Waals surface area contributed by atoms with E-state index in [0.29, 0.717) is 0 Å². The van der Waals surface area contributed by atoms with E-state index < -0.39 is 0 Å². The van der Waals surface area contributed by atoms with Crippen LogP contribution in [0.3, 0.4) is 0 Å². The number of aliphatic imine (C=N–C) groups is 1. The largest absolute Gasteiger partial charge is 0.254 e. The lowest BCUT2D eigenvalue weighted by atomic mass is 10.4. The van der Waals surface area contributed by atoms with Crippen molar-refractivity contribution < 1.29 is 4.79 Å². The highest BCUT2D eigenvalue weighted by Crippen LogP contribution is 2.21. The van der Waals surface area contributed by atoms with Gasteiger partial charge in [-0.25, -0.2) is 9.78 Å². The van der Waals surface area contributed by atoms with Crippen LogP contribution in [0, 0.1) is 0 Å². The van der Waals surface area contributed by atoms with Crippen LogP contribution in [0.4, 0.5) is 0 Å². The third-order valence-electron chi connectivity index (χ3n) is 1.74. The molecule has 2 rings (SSSR count). The summed E-state index contributed by atoms with van der Waals surface area (Å²) in [4.78, 5) is 21.9. The smallest absolute Gasteiger partial charge is 0.235 e. The van der Waals surface area contributed by atoms with E-state index in [4.69, 9.17) is 0 Å². The minimum atomic E-state index is 0.285. The minimum absolute atomic E-state index is 0.285. The molecule has 74 valence electrons. The number of pyridine rings is 1. The number of rotatable bonds is 3. The van der Waals surface area contributed by atoms with Crippen molar-refractivity contribution in [2.45, 2.75) is 6.54 Å². The summed E-state index contributed by atoms with van der Waals surface area (Å²) in [5.41, 5.74) is 1.60. The molecule has 5 heteroatoms. The minimum Gasteiger partial charge on any atom is -0.254 e. The van der Waals surface area contributed by atoms with Crippen molar-refractivity contribution >= 4 is 17.4 Å². The molecule has 0 fully saturated rings. The van der Waals surface area contributed by atoms with Gasteiger partial charge in [0.15, 0.2) is 0 Å². The molecule has 2 heterocycles. The highest BCUT2D eigenvalue weighted by atomic mass is 32.1. The average Bonchev–Trinajstić information content (AvgIpc) is 2.76. The quantitative estimate of drug-likeness (QED) is 0.584. The van der Waals surface area contributed by atoms with Gasteiger partial charge in [-0.2, -0.15) is 4.99 Å². The predicted octanol–water partition coefficient (Wildman–Crippen LogP) is 2.04. The van der Waals surface area contributed by atoms with E-state index in [9.17, 15) is 4.79 Å². The first-order valence-corrected chi connectivity index (χ1v) is 5.17. The molecule has 2 aromatic heterocycles. The summed E-state index contributed by atoms with van der Waals surface area (Å²) in [5.74, 6) is 0. The number of nitrogens with zero attached hydrogens (tertiary/aromatic N) is 3. The number of isocyanates is 1. The van der Waals surface area contributed by atoms with Gasteiger partial charge in [-0.3, -0.25) is 4.98 Å². The average molecular weight is 217 g/mol. The number of thiazole rings is 1. The molecule has 0 unspecified atom stereocenters. The van der Waals surface area contributed by atoms with Gasteiger partial charge >= 0.3 is 0 Å². The maximum Gasteiger partial charge on any atom is 0.235 e. The van der Waals surface area contributed by atoms with Gasteiger partial charge in [0.2, 0.25) is 6.08 Å². The van der Waals surface area contributed by atoms with Gasteiger partial charge in [-0.1, -0.05) is 6.07 Å². The summed E-state index contributed by atoms with van der Waals surface area (Å²) >= 11 is 1.49. The van der Waals surface area contributed by atoms with Crippen molar-refractivity contribution in [1.82, 2.24) is 9.97 Å². The Balaban J connectivity index is 2.24. The van der Waals surface area contributed by atoms with E-state index in [1.54, 1.807) is 6.20 Å². The van der Waals surface area contributed by atoms with Crippen LogP contribution in [-0.2, 0) is 11.3 Å². The Hall–Kier alpha value is -1.84. The topological polar surface area (TPSA) is 55.2 Å². The van der Waals surface area contributed by atoms with E-state index in [-0.39, 0.29) is 6.54 Å². The summed E-state index contributed by atoms with van der Waals surface area (Å²) < 4.78 is 0. The zero-order valence-electron chi connectivity index (χ0n) is 7.75. The first kappa shape index (κ1) is 9.71. The van der Waals surface area contributed by atoms with Crippen LogP contribution in [0.15, 0.2) is 34.8 Å². The third-order valence-corrected chi connectivity index (χ3v) is 2.65. The molecule has 0 radical (unpaired) electrons. The van der Waals surface area contributed by atoms with E-state index in [2.05, 4.69) is 15.0 Å². The molecule has 0 amide bonds. The molecule has 0 aliphatic rings. The third kappa shape index (κ3) is 2.34. The Morgan fingerprint density at radius 3 is 3.13 bits per heavy atom. The zero-order valence-corrected chi connectivity index (χ0v) is 8.57. The number of aromatic nitrogens is 2. The van der Waals surface area contributed by atoms with Crippen LogP contribution in [0.5, 0.6) is 0 Å². The number of hydrogen-bond acceptors (Lipinski definition) is 5. The molecule has 0 spiro atoms. The maximum absolute atomic E-state index is 9.93. The molecule has 0 aliphatic carbocycles. The lowest BCUT2D eigenvalue weighted by molar-refractivity contribution is 0.562. The van der Waals surface area contributed by atoms with E-state index >= 15 is 0 Å². The van der Waals surface area contributed by atoms with E-state index in [1.807, 2.05) is 23.6 Å². The summed E-state index contributed by atoms with van der Waals surface area (Å²) in [6.07, 6.45) is 3.21. The summed E-state index contributed by atoms with van der Waals surface area (Å²) in [5, 5.41) is 2.71. The van der Waals surface area contributed by atoms with Gasteiger partial charge in [0.1, 0.15) is 5.01 Å². The first-order valence-electron chi connectivity index (χ1n) is 4.29. The fourth-order valence-corrected chi connectivity index (χ4v) is 1.89. The van der Waals surface area contributed by atoms with Crippen LogP contribution >= 0.6 is 11.3 Å². The lowest BCUT2D eigenvalue weighted by Gasteiger charge is -1.92. The maximum atomic E-state index is 9.93. The Kier molecular flexibility index (Phi) is 2.97. The molecule has 0 atom stereocenters. The van der Waals surface area contributed by atoms with Gasteiger partial charge in [-0.05, 0) is 12.1 Å². The second-order valence-electron chi connectivity index (χ2n) is 2.77. The SMILES string of the molecule is O=C=NCc1csc(-c2ccccn2)n1. The van der Waals surface area contributed by atoms with Crippen LogP contribution < -0.4 is 0 Å². The van der Waals surface area contributed by atoms with Crippen molar-refractivity contribution in [1.29, 1.82) is 0 Å². The van der Waals surface area contributed by atoms with Gasteiger partial charge in [0, 0.05) is 11.6 Å². The fraction of sp³-hybridized carbons (Fsp3) is 0.100. The molecule has 0 aromatic carbocycles. The van der Waals surface area contributed by atoms with Gasteiger partial charge in [0.25, 0.3) is 0 Å². The predicted molar refractivity (Wildman–Crippen MR) is 57.2 cm³/mol.